The minimum atomic E-state index is -0.490. The fraction of sp³-hybridized carbons (Fsp3) is 0.125. The van der Waals surface area contributed by atoms with E-state index in [1.165, 1.54) is 7.11 Å². The Morgan fingerprint density at radius 1 is 1.00 bits per heavy atom. The van der Waals surface area contributed by atoms with Gasteiger partial charge in [-0.25, -0.2) is 0 Å². The summed E-state index contributed by atoms with van der Waals surface area (Å²) in [4.78, 5) is 29.7. The van der Waals surface area contributed by atoms with Gasteiger partial charge < -0.3 is 4.74 Å². The summed E-state index contributed by atoms with van der Waals surface area (Å²) in [6.45, 7) is -0.0328. The van der Waals surface area contributed by atoms with Crippen molar-refractivity contribution >= 4 is 35.0 Å². The fourth-order valence-electron chi connectivity index (χ4n) is 2.31. The van der Waals surface area contributed by atoms with Crippen molar-refractivity contribution in [3.05, 3.63) is 63.1 Å². The number of imide groups is 1. The summed E-state index contributed by atoms with van der Waals surface area (Å²) in [6.07, 6.45) is 0. The zero-order valence-corrected chi connectivity index (χ0v) is 13.5. The first-order chi connectivity index (χ1) is 11.0. The van der Waals surface area contributed by atoms with E-state index < -0.39 is 11.8 Å². The second-order valence-electron chi connectivity index (χ2n) is 4.82. The van der Waals surface area contributed by atoms with Gasteiger partial charge in [0.25, 0.3) is 11.8 Å². The molecule has 5 nitrogen and oxygen atoms in total. The number of rotatable bonds is 4. The third-order valence-electron chi connectivity index (χ3n) is 3.38. The molecule has 0 aromatic heterocycles. The molecule has 0 spiro atoms. The Kier molecular flexibility index (Phi) is 4.26. The normalized spacial score (nSPS) is 13.4. The van der Waals surface area contributed by atoms with E-state index >= 15 is 0 Å². The van der Waals surface area contributed by atoms with Crippen LogP contribution in [0.2, 0.25) is 10.0 Å². The molecule has 1 aliphatic rings. The van der Waals surface area contributed by atoms with Gasteiger partial charge in [0.15, 0.2) is 5.75 Å². The highest BCUT2D eigenvalue weighted by Gasteiger charge is 2.36. The van der Waals surface area contributed by atoms with Crippen molar-refractivity contribution in [3.63, 3.8) is 0 Å². The molecule has 3 rings (SSSR count). The van der Waals surface area contributed by atoms with E-state index in [1.54, 1.807) is 36.4 Å². The Balaban J connectivity index is 1.78. The van der Waals surface area contributed by atoms with Crippen LogP contribution in [-0.2, 0) is 11.4 Å². The molecule has 0 unspecified atom stereocenters. The molecular formula is C16H11Cl2NO4. The number of hydroxylamine groups is 2. The summed E-state index contributed by atoms with van der Waals surface area (Å²) in [5, 5.41) is 1.39. The van der Waals surface area contributed by atoms with Gasteiger partial charge >= 0.3 is 0 Å². The van der Waals surface area contributed by atoms with Crippen LogP contribution in [0.15, 0.2) is 36.4 Å². The number of benzene rings is 2. The molecule has 0 atom stereocenters. The maximum atomic E-state index is 12.2. The number of halogens is 2. The molecule has 118 valence electrons. The molecule has 0 saturated heterocycles. The minimum Gasteiger partial charge on any atom is -0.494 e. The molecule has 2 aromatic rings. The molecule has 23 heavy (non-hydrogen) atoms. The highest BCUT2D eigenvalue weighted by molar-refractivity contribution is 6.37. The molecule has 0 radical (unpaired) electrons. The van der Waals surface area contributed by atoms with Crippen molar-refractivity contribution in [1.82, 2.24) is 5.06 Å². The van der Waals surface area contributed by atoms with Gasteiger partial charge in [-0.15, -0.1) is 5.06 Å². The Labute approximate surface area is 142 Å². The van der Waals surface area contributed by atoms with Crippen LogP contribution in [0.5, 0.6) is 5.75 Å². The summed E-state index contributed by atoms with van der Waals surface area (Å²) >= 11 is 12.1. The van der Waals surface area contributed by atoms with Crippen LogP contribution in [-0.4, -0.2) is 24.0 Å². The quantitative estimate of drug-likeness (QED) is 0.787. The predicted molar refractivity (Wildman–Crippen MR) is 84.7 cm³/mol. The van der Waals surface area contributed by atoms with Crippen LogP contribution in [0.4, 0.5) is 0 Å². The molecule has 0 aliphatic carbocycles. The van der Waals surface area contributed by atoms with Crippen molar-refractivity contribution < 1.29 is 19.2 Å². The van der Waals surface area contributed by atoms with Gasteiger partial charge in [-0.2, -0.15) is 0 Å². The van der Waals surface area contributed by atoms with Crippen LogP contribution in [0.3, 0.4) is 0 Å². The van der Waals surface area contributed by atoms with Crippen LogP contribution >= 0.6 is 23.2 Å². The number of hydrogen-bond acceptors (Lipinski definition) is 4. The predicted octanol–water partition coefficient (Wildman–Crippen LogP) is 3.73. The number of ether oxygens (including phenoxy) is 1. The van der Waals surface area contributed by atoms with Crippen LogP contribution in [0.25, 0.3) is 0 Å². The Hall–Kier alpha value is -2.08. The SMILES string of the molecule is COc1c(Cl)cc(CON2C(=O)c3ccccc3C2=O)cc1Cl. The average Bonchev–Trinajstić information content (AvgIpc) is 2.77. The largest absolute Gasteiger partial charge is 0.494 e. The number of nitrogens with zero attached hydrogens (tertiary/aromatic N) is 1. The van der Waals surface area contributed by atoms with Crippen molar-refractivity contribution in [2.75, 3.05) is 7.11 Å². The first-order valence-electron chi connectivity index (χ1n) is 6.65. The van der Waals surface area contributed by atoms with Gasteiger partial charge in [-0.1, -0.05) is 35.3 Å². The summed E-state index contributed by atoms with van der Waals surface area (Å²) in [7, 11) is 1.46. The fourth-order valence-corrected chi connectivity index (χ4v) is 3.00. The van der Waals surface area contributed by atoms with Gasteiger partial charge in [-0.3, -0.25) is 14.4 Å². The minimum absolute atomic E-state index is 0.0328. The van der Waals surface area contributed by atoms with Gasteiger partial charge in [-0.05, 0) is 29.8 Å². The Morgan fingerprint density at radius 2 is 1.52 bits per heavy atom. The van der Waals surface area contributed by atoms with E-state index in [9.17, 15) is 9.59 Å². The summed E-state index contributed by atoms with van der Waals surface area (Å²) in [5.41, 5.74) is 1.25. The van der Waals surface area contributed by atoms with Crippen LogP contribution in [0.1, 0.15) is 26.3 Å². The monoisotopic (exact) mass is 351 g/mol. The van der Waals surface area contributed by atoms with E-state index in [0.29, 0.717) is 32.5 Å². The second kappa shape index (κ2) is 6.20. The third-order valence-corrected chi connectivity index (χ3v) is 3.94. The number of hydrogen-bond donors (Lipinski definition) is 0. The Morgan fingerprint density at radius 3 is 2.00 bits per heavy atom. The van der Waals surface area contributed by atoms with Gasteiger partial charge in [0, 0.05) is 0 Å². The van der Waals surface area contributed by atoms with Crippen LogP contribution in [0, 0.1) is 0 Å². The van der Waals surface area contributed by atoms with Crippen molar-refractivity contribution in [1.29, 1.82) is 0 Å². The first-order valence-corrected chi connectivity index (χ1v) is 7.41. The lowest BCUT2D eigenvalue weighted by Crippen LogP contribution is -2.29. The molecule has 0 N–H and O–H groups in total. The second-order valence-corrected chi connectivity index (χ2v) is 5.63. The van der Waals surface area contributed by atoms with E-state index in [2.05, 4.69) is 0 Å². The molecular weight excluding hydrogens is 341 g/mol. The molecule has 0 bridgehead atoms. The average molecular weight is 352 g/mol. The van der Waals surface area contributed by atoms with Crippen LogP contribution < -0.4 is 4.74 Å². The maximum absolute atomic E-state index is 12.2. The molecule has 7 heteroatoms. The lowest BCUT2D eigenvalue weighted by atomic mass is 10.1. The van der Waals surface area contributed by atoms with Gasteiger partial charge in [0.2, 0.25) is 0 Å². The zero-order chi connectivity index (χ0) is 16.6. The number of methoxy groups -OCH3 is 1. The Bertz CT molecular complexity index is 748. The highest BCUT2D eigenvalue weighted by atomic mass is 35.5. The number of carbonyl (C=O) groups excluding carboxylic acids is 2. The smallest absolute Gasteiger partial charge is 0.285 e. The third kappa shape index (κ3) is 2.79. The van der Waals surface area contributed by atoms with E-state index in [1.807, 2.05) is 0 Å². The first kappa shape index (κ1) is 15.8. The highest BCUT2D eigenvalue weighted by Crippen LogP contribution is 2.34. The summed E-state index contributed by atoms with van der Waals surface area (Å²) in [5.74, 6) is -0.620. The number of fused-ring (bicyclic) bond motifs is 1. The van der Waals surface area contributed by atoms with E-state index in [-0.39, 0.29) is 6.61 Å². The molecule has 0 fully saturated rings. The van der Waals surface area contributed by atoms with Crippen molar-refractivity contribution in [2.24, 2.45) is 0 Å². The van der Waals surface area contributed by atoms with Gasteiger partial charge in [0.05, 0.1) is 28.3 Å². The zero-order valence-electron chi connectivity index (χ0n) is 12.0. The maximum Gasteiger partial charge on any atom is 0.285 e. The topological polar surface area (TPSA) is 55.8 Å². The lowest BCUT2D eigenvalue weighted by molar-refractivity contribution is -0.101. The summed E-state index contributed by atoms with van der Waals surface area (Å²) in [6, 6.07) is 9.75. The van der Waals surface area contributed by atoms with Crippen molar-refractivity contribution in [2.45, 2.75) is 6.61 Å². The number of carbonyl (C=O) groups is 2. The molecule has 0 saturated carbocycles. The van der Waals surface area contributed by atoms with Gasteiger partial charge in [0.1, 0.15) is 6.61 Å². The standard InChI is InChI=1S/C16H11Cl2NO4/c1-22-14-12(17)6-9(7-13(14)18)8-23-19-15(20)10-4-2-3-5-11(10)16(19)21/h2-7H,8H2,1H3. The van der Waals surface area contributed by atoms with E-state index in [4.69, 9.17) is 32.8 Å². The van der Waals surface area contributed by atoms with E-state index in [0.717, 1.165) is 5.06 Å². The molecule has 2 aromatic carbocycles. The molecule has 1 aliphatic heterocycles. The molecule has 1 heterocycles. The summed E-state index contributed by atoms with van der Waals surface area (Å²) < 4.78 is 5.06. The lowest BCUT2D eigenvalue weighted by Gasteiger charge is -2.14. The van der Waals surface area contributed by atoms with Crippen molar-refractivity contribution in [3.8, 4) is 5.75 Å². The number of amides is 2. The molecule has 2 amide bonds.